The van der Waals surface area contributed by atoms with Gasteiger partial charge >= 0.3 is 0 Å². The molecule has 0 saturated carbocycles. The van der Waals surface area contributed by atoms with Gasteiger partial charge in [-0.25, -0.2) is 7.94 Å². The molecule has 0 aromatic carbocycles. The van der Waals surface area contributed by atoms with Crippen molar-refractivity contribution in [1.82, 2.24) is 10.3 Å². The molecule has 0 atom stereocenters. The third kappa shape index (κ3) is 4.96. The minimum absolute atomic E-state index is 1.13. The first kappa shape index (κ1) is 6.96. The van der Waals surface area contributed by atoms with Crippen molar-refractivity contribution in [1.29, 1.82) is 0 Å². The topological polar surface area (TPSA) is 33.3 Å². The minimum Gasteiger partial charge on any atom is -0.249 e. The molecule has 2 N–H and O–H groups in total. The average molecular weight is 220 g/mol. The van der Waals surface area contributed by atoms with E-state index in [4.69, 9.17) is 0 Å². The average Bonchev–Trinajstić information content (AvgIpc) is 1.61. The van der Waals surface area contributed by atoms with Crippen molar-refractivity contribution in [2.24, 2.45) is 0 Å². The Kier molecular flexibility index (Phi) is 6.91. The molecule has 0 radical (unpaired) electrons. The van der Waals surface area contributed by atoms with Gasteiger partial charge in [0.15, 0.2) is 0 Å². The van der Waals surface area contributed by atoms with Gasteiger partial charge in [0.1, 0.15) is 35.2 Å². The molecule has 38 valence electrons. The molecular formula is CH5IN2OS. The molecular weight excluding hydrogens is 215 g/mol. The lowest BCUT2D eigenvalue weighted by atomic mass is 11.5. The van der Waals surface area contributed by atoms with Crippen LogP contribution in [0.1, 0.15) is 0 Å². The van der Waals surface area contributed by atoms with Crippen molar-refractivity contribution in [2.75, 3.05) is 7.05 Å². The van der Waals surface area contributed by atoms with Gasteiger partial charge in [-0.15, -0.1) is 0 Å². The second-order valence-corrected chi connectivity index (χ2v) is 2.07. The van der Waals surface area contributed by atoms with Crippen molar-refractivity contribution in [3.05, 3.63) is 0 Å². The molecule has 0 heterocycles. The van der Waals surface area contributed by atoms with E-state index in [1.165, 1.54) is 0 Å². The van der Waals surface area contributed by atoms with Crippen LogP contribution < -0.4 is 10.3 Å². The molecule has 0 amide bonds. The van der Waals surface area contributed by atoms with Crippen LogP contribution in [0.25, 0.3) is 0 Å². The maximum absolute atomic E-state index is 4.50. The number of rotatable bonds is 3. The van der Waals surface area contributed by atoms with Crippen molar-refractivity contribution >= 4 is 35.2 Å². The highest BCUT2D eigenvalue weighted by atomic mass is 127. The Morgan fingerprint density at radius 2 is 2.50 bits per heavy atom. The van der Waals surface area contributed by atoms with Crippen LogP contribution in [0.3, 0.4) is 0 Å². The predicted octanol–water partition coefficient (Wildman–Crippen LogP) is 0.640. The van der Waals surface area contributed by atoms with Gasteiger partial charge < -0.3 is 0 Å². The molecule has 0 aliphatic rings. The first-order valence-electron chi connectivity index (χ1n) is 1.28. The van der Waals surface area contributed by atoms with Crippen LogP contribution in [0.2, 0.25) is 0 Å². The number of hydrogen-bond acceptors (Lipinski definition) is 4. The normalized spacial score (nSPS) is 9.00. The Morgan fingerprint density at radius 3 is 2.67 bits per heavy atom. The van der Waals surface area contributed by atoms with E-state index in [1.807, 2.05) is 0 Å². The summed E-state index contributed by atoms with van der Waals surface area (Å²) in [5.41, 5.74) is 2.65. The molecule has 0 saturated heterocycles. The SMILES string of the molecule is CNNSOI. The van der Waals surface area contributed by atoms with E-state index in [0.717, 1.165) is 12.2 Å². The fraction of sp³-hybridized carbons (Fsp3) is 1.00. The van der Waals surface area contributed by atoms with Crippen molar-refractivity contribution in [3.8, 4) is 0 Å². The third-order valence-corrected chi connectivity index (χ3v) is 1.07. The van der Waals surface area contributed by atoms with Gasteiger partial charge in [-0.2, -0.15) is 4.83 Å². The van der Waals surface area contributed by atoms with Crippen LogP contribution in [0.4, 0.5) is 0 Å². The molecule has 0 bridgehead atoms. The molecule has 6 heavy (non-hydrogen) atoms. The second kappa shape index (κ2) is 5.96. The standard InChI is InChI=1S/CH5IN2OS/c1-3-4-6-5-2/h3-4H,1H3. The third-order valence-electron chi connectivity index (χ3n) is 0.175. The molecule has 3 nitrogen and oxygen atoms in total. The van der Waals surface area contributed by atoms with Gasteiger partial charge in [-0.3, -0.25) is 0 Å². The first-order valence-corrected chi connectivity index (χ1v) is 2.90. The number of halogens is 1. The van der Waals surface area contributed by atoms with Crippen LogP contribution in [-0.2, 0) is 2.51 Å². The van der Waals surface area contributed by atoms with Crippen LogP contribution in [0, 0.1) is 0 Å². The lowest BCUT2D eigenvalue weighted by Crippen LogP contribution is -2.18. The number of nitrogens with one attached hydrogen (secondary N) is 2. The minimum atomic E-state index is 1.13. The highest BCUT2D eigenvalue weighted by Crippen LogP contribution is 1.98. The Labute approximate surface area is 55.2 Å². The van der Waals surface area contributed by atoms with E-state index in [-0.39, 0.29) is 0 Å². The lowest BCUT2D eigenvalue weighted by molar-refractivity contribution is 0.752. The van der Waals surface area contributed by atoms with E-state index in [9.17, 15) is 0 Å². The fourth-order valence-corrected chi connectivity index (χ4v) is 0.442. The molecule has 0 aromatic heterocycles. The quantitative estimate of drug-likeness (QED) is 0.240. The molecule has 0 unspecified atom stereocenters. The van der Waals surface area contributed by atoms with Gasteiger partial charge in [0.05, 0.1) is 0 Å². The lowest BCUT2D eigenvalue weighted by Gasteiger charge is -1.91. The molecule has 5 heteroatoms. The Balaban J connectivity index is 2.34. The summed E-state index contributed by atoms with van der Waals surface area (Å²) < 4.78 is 4.50. The Morgan fingerprint density at radius 1 is 1.83 bits per heavy atom. The zero-order chi connectivity index (χ0) is 4.83. The van der Waals surface area contributed by atoms with Gasteiger partial charge in [-0.1, -0.05) is 0 Å². The van der Waals surface area contributed by atoms with Crippen LogP contribution in [0.15, 0.2) is 0 Å². The van der Waals surface area contributed by atoms with Gasteiger partial charge in [-0.05, 0) is 7.05 Å². The maximum atomic E-state index is 4.50. The molecule has 0 rings (SSSR count). The summed E-state index contributed by atoms with van der Waals surface area (Å²) in [5, 5.41) is 0. The van der Waals surface area contributed by atoms with Crippen molar-refractivity contribution in [3.63, 3.8) is 0 Å². The van der Waals surface area contributed by atoms with Gasteiger partial charge in [0, 0.05) is 0 Å². The summed E-state index contributed by atoms with van der Waals surface area (Å²) in [6.45, 7) is 0. The number of hydrazine groups is 1. The van der Waals surface area contributed by atoms with E-state index in [1.54, 1.807) is 30.1 Å². The van der Waals surface area contributed by atoms with Crippen LogP contribution in [-0.4, -0.2) is 7.05 Å². The van der Waals surface area contributed by atoms with E-state index < -0.39 is 0 Å². The zero-order valence-corrected chi connectivity index (χ0v) is 6.17. The largest absolute Gasteiger partial charge is 0.249 e. The molecule has 0 fully saturated rings. The van der Waals surface area contributed by atoms with Gasteiger partial charge in [0.25, 0.3) is 0 Å². The first-order chi connectivity index (χ1) is 2.91. The smallest absolute Gasteiger partial charge is 0.129 e. The van der Waals surface area contributed by atoms with E-state index in [2.05, 4.69) is 12.8 Å². The predicted molar refractivity (Wildman–Crippen MR) is 34.9 cm³/mol. The maximum Gasteiger partial charge on any atom is 0.129 e. The zero-order valence-electron chi connectivity index (χ0n) is 3.19. The highest BCUT2D eigenvalue weighted by molar-refractivity contribution is 14.1. The second-order valence-electron chi connectivity index (χ2n) is 0.498. The summed E-state index contributed by atoms with van der Waals surface area (Å²) in [4.78, 5) is 2.63. The molecule has 0 aromatic rings. The Bertz CT molecular complexity index is 25.5. The Hall–Kier alpha value is 0.960. The monoisotopic (exact) mass is 220 g/mol. The highest BCUT2D eigenvalue weighted by Gasteiger charge is 1.72. The summed E-state index contributed by atoms with van der Waals surface area (Å²) in [7, 11) is 1.77. The fourth-order valence-electron chi connectivity index (χ4n) is 0.0574. The van der Waals surface area contributed by atoms with E-state index >= 15 is 0 Å². The van der Waals surface area contributed by atoms with Crippen molar-refractivity contribution < 1.29 is 2.51 Å². The van der Waals surface area contributed by atoms with Gasteiger partial charge in [0.2, 0.25) is 0 Å². The summed E-state index contributed by atoms with van der Waals surface area (Å²) in [6, 6.07) is 0. The van der Waals surface area contributed by atoms with Crippen LogP contribution >= 0.6 is 35.2 Å². The summed E-state index contributed by atoms with van der Waals surface area (Å²) in [6.07, 6.45) is 0. The molecule has 0 aliphatic carbocycles. The summed E-state index contributed by atoms with van der Waals surface area (Å²) >= 11 is 2.90. The van der Waals surface area contributed by atoms with Crippen molar-refractivity contribution in [2.45, 2.75) is 0 Å². The molecule has 0 aliphatic heterocycles. The number of hydrogen-bond donors (Lipinski definition) is 2. The van der Waals surface area contributed by atoms with E-state index in [0.29, 0.717) is 0 Å². The summed E-state index contributed by atoms with van der Waals surface area (Å²) in [5.74, 6) is 0. The van der Waals surface area contributed by atoms with Crippen LogP contribution in [0.5, 0.6) is 0 Å². The molecule has 0 spiro atoms.